The molecule has 0 aliphatic carbocycles. The fourth-order valence-electron chi connectivity index (χ4n) is 4.07. The van der Waals surface area contributed by atoms with E-state index in [0.717, 1.165) is 16.9 Å². The monoisotopic (exact) mass is 430 g/mol. The number of rotatable bonds is 6. The zero-order valence-electron chi connectivity index (χ0n) is 18.3. The Labute approximate surface area is 179 Å². The van der Waals surface area contributed by atoms with E-state index in [9.17, 15) is 13.2 Å². The summed E-state index contributed by atoms with van der Waals surface area (Å²) in [5, 5.41) is 2.88. The molecule has 8 heteroatoms. The number of nitrogens with zero attached hydrogens (tertiary/aromatic N) is 3. The Morgan fingerprint density at radius 1 is 1.20 bits per heavy atom. The van der Waals surface area contributed by atoms with Crippen molar-refractivity contribution in [2.24, 2.45) is 0 Å². The van der Waals surface area contributed by atoms with Gasteiger partial charge in [-0.25, -0.2) is 13.4 Å². The summed E-state index contributed by atoms with van der Waals surface area (Å²) in [6, 6.07) is 6.84. The largest absolute Gasteiger partial charge is 0.363 e. The van der Waals surface area contributed by atoms with Crippen molar-refractivity contribution in [1.82, 2.24) is 14.6 Å². The zero-order chi connectivity index (χ0) is 22.1. The number of carbonyl (C=O) groups excluding carboxylic acids is 1. The molecule has 1 aromatic heterocycles. The number of benzene rings is 1. The molecular weight excluding hydrogens is 400 g/mol. The molecule has 1 fully saturated rings. The molecular formula is C22H30N4O3S. The smallest absolute Gasteiger partial charge is 0.244 e. The molecule has 1 N–H and O–H groups in total. The van der Waals surface area contributed by atoms with Crippen molar-refractivity contribution in [1.29, 1.82) is 0 Å². The summed E-state index contributed by atoms with van der Waals surface area (Å²) < 4.78 is 28.2. The molecule has 1 unspecified atom stereocenters. The summed E-state index contributed by atoms with van der Waals surface area (Å²) in [6.07, 6.45) is 2.91. The van der Waals surface area contributed by atoms with Crippen LogP contribution in [0.15, 0.2) is 35.4 Å². The summed E-state index contributed by atoms with van der Waals surface area (Å²) in [5.74, 6) is 0.567. The van der Waals surface area contributed by atoms with E-state index in [-0.39, 0.29) is 5.91 Å². The molecule has 0 spiro atoms. The summed E-state index contributed by atoms with van der Waals surface area (Å²) in [5.41, 5.74) is 3.32. The standard InChI is InChI=1S/C22H30N4O3S/c1-15-11-16(2)21(17(3)12-15)30(28,29)26-10-6-7-19(26)22(27)24-14-18-8-9-20(23-13-18)25(4)5/h8-9,11-13,19H,6-7,10,14H2,1-5H3,(H,24,27). The van der Waals surface area contributed by atoms with Gasteiger partial charge in [-0.05, 0) is 56.4 Å². The first-order valence-corrected chi connectivity index (χ1v) is 11.5. The maximum atomic E-state index is 13.4. The Balaban J connectivity index is 1.75. The van der Waals surface area contributed by atoms with Crippen LogP contribution in [0.3, 0.4) is 0 Å². The first-order valence-electron chi connectivity index (χ1n) is 10.1. The van der Waals surface area contributed by atoms with Crippen molar-refractivity contribution in [3.8, 4) is 0 Å². The molecule has 162 valence electrons. The minimum absolute atomic E-state index is 0.268. The highest BCUT2D eigenvalue weighted by Gasteiger charge is 2.40. The van der Waals surface area contributed by atoms with Crippen LogP contribution in [0.4, 0.5) is 5.82 Å². The van der Waals surface area contributed by atoms with Crippen LogP contribution in [-0.4, -0.2) is 50.3 Å². The summed E-state index contributed by atoms with van der Waals surface area (Å²) in [4.78, 5) is 19.4. The van der Waals surface area contributed by atoms with Crippen LogP contribution in [-0.2, 0) is 21.4 Å². The number of aromatic nitrogens is 1. The molecule has 0 saturated carbocycles. The van der Waals surface area contributed by atoms with Gasteiger partial charge < -0.3 is 10.2 Å². The Kier molecular flexibility index (Phi) is 6.47. The third-order valence-corrected chi connectivity index (χ3v) is 7.63. The normalized spacial score (nSPS) is 17.2. The van der Waals surface area contributed by atoms with E-state index >= 15 is 0 Å². The molecule has 2 aromatic rings. The van der Waals surface area contributed by atoms with E-state index < -0.39 is 16.1 Å². The molecule has 30 heavy (non-hydrogen) atoms. The maximum absolute atomic E-state index is 13.4. The van der Waals surface area contributed by atoms with E-state index in [1.165, 1.54) is 4.31 Å². The van der Waals surface area contributed by atoms with Crippen molar-refractivity contribution in [2.45, 2.75) is 51.1 Å². The molecule has 1 aliphatic heterocycles. The van der Waals surface area contributed by atoms with Gasteiger partial charge in [-0.3, -0.25) is 4.79 Å². The molecule has 3 rings (SSSR count). The van der Waals surface area contributed by atoms with E-state index in [1.807, 2.05) is 64.0 Å². The van der Waals surface area contributed by atoms with Gasteiger partial charge in [0, 0.05) is 33.4 Å². The number of hydrogen-bond acceptors (Lipinski definition) is 5. The van der Waals surface area contributed by atoms with Gasteiger partial charge in [-0.1, -0.05) is 23.8 Å². The van der Waals surface area contributed by atoms with Gasteiger partial charge in [0.25, 0.3) is 0 Å². The molecule has 2 heterocycles. The van der Waals surface area contributed by atoms with Gasteiger partial charge in [-0.15, -0.1) is 0 Å². The lowest BCUT2D eigenvalue weighted by Gasteiger charge is -2.25. The predicted octanol–water partition coefficient (Wildman–Crippen LogP) is 2.54. The fraction of sp³-hybridized carbons (Fsp3) is 0.455. The number of nitrogens with one attached hydrogen (secondary N) is 1. The van der Waals surface area contributed by atoms with Gasteiger partial charge in [0.15, 0.2) is 0 Å². The van der Waals surface area contributed by atoms with Crippen LogP contribution in [0.5, 0.6) is 0 Å². The summed E-state index contributed by atoms with van der Waals surface area (Å²) in [6.45, 7) is 6.23. The molecule has 1 aliphatic rings. The first kappa shape index (κ1) is 22.2. The van der Waals surface area contributed by atoms with Crippen LogP contribution < -0.4 is 10.2 Å². The van der Waals surface area contributed by atoms with Crippen molar-refractivity contribution in [3.63, 3.8) is 0 Å². The number of hydrogen-bond donors (Lipinski definition) is 1. The summed E-state index contributed by atoms with van der Waals surface area (Å²) >= 11 is 0. The van der Waals surface area contributed by atoms with Gasteiger partial charge in [0.2, 0.25) is 15.9 Å². The second-order valence-electron chi connectivity index (χ2n) is 8.14. The number of carbonyl (C=O) groups is 1. The molecule has 1 amide bonds. The Morgan fingerprint density at radius 2 is 1.87 bits per heavy atom. The minimum atomic E-state index is -3.75. The first-order chi connectivity index (χ1) is 14.1. The maximum Gasteiger partial charge on any atom is 0.244 e. The number of amides is 1. The summed E-state index contributed by atoms with van der Waals surface area (Å²) in [7, 11) is 0.0717. The topological polar surface area (TPSA) is 82.6 Å². The van der Waals surface area contributed by atoms with E-state index in [0.29, 0.717) is 42.0 Å². The zero-order valence-corrected chi connectivity index (χ0v) is 19.1. The van der Waals surface area contributed by atoms with E-state index in [4.69, 9.17) is 0 Å². The Hall–Kier alpha value is -2.45. The molecule has 1 saturated heterocycles. The number of pyridine rings is 1. The van der Waals surface area contributed by atoms with E-state index in [2.05, 4.69) is 10.3 Å². The fourth-order valence-corrected chi connectivity index (χ4v) is 6.15. The molecule has 0 bridgehead atoms. The van der Waals surface area contributed by atoms with Crippen molar-refractivity contribution in [3.05, 3.63) is 52.7 Å². The molecule has 0 radical (unpaired) electrons. The lowest BCUT2D eigenvalue weighted by molar-refractivity contribution is -0.124. The van der Waals surface area contributed by atoms with Crippen LogP contribution in [0.2, 0.25) is 0 Å². The van der Waals surface area contributed by atoms with Gasteiger partial charge in [0.1, 0.15) is 11.9 Å². The van der Waals surface area contributed by atoms with Crippen LogP contribution >= 0.6 is 0 Å². The highest BCUT2D eigenvalue weighted by Crippen LogP contribution is 2.30. The van der Waals surface area contributed by atoms with Gasteiger partial charge >= 0.3 is 0 Å². The third-order valence-electron chi connectivity index (χ3n) is 5.41. The van der Waals surface area contributed by atoms with E-state index in [1.54, 1.807) is 6.20 Å². The van der Waals surface area contributed by atoms with Crippen molar-refractivity contribution >= 4 is 21.7 Å². The number of anilines is 1. The van der Waals surface area contributed by atoms with Gasteiger partial charge in [-0.2, -0.15) is 4.31 Å². The van der Waals surface area contributed by atoms with Crippen LogP contribution in [0.1, 0.15) is 35.1 Å². The lowest BCUT2D eigenvalue weighted by Crippen LogP contribution is -2.45. The Bertz CT molecular complexity index is 1010. The van der Waals surface area contributed by atoms with Crippen molar-refractivity contribution < 1.29 is 13.2 Å². The van der Waals surface area contributed by atoms with Crippen molar-refractivity contribution in [2.75, 3.05) is 25.5 Å². The number of aryl methyl sites for hydroxylation is 3. The third kappa shape index (κ3) is 4.49. The average molecular weight is 431 g/mol. The van der Waals surface area contributed by atoms with Crippen LogP contribution in [0.25, 0.3) is 0 Å². The average Bonchev–Trinajstić information content (AvgIpc) is 3.16. The van der Waals surface area contributed by atoms with Gasteiger partial charge in [0.05, 0.1) is 4.90 Å². The highest BCUT2D eigenvalue weighted by molar-refractivity contribution is 7.89. The van der Waals surface area contributed by atoms with Crippen LogP contribution in [0, 0.1) is 20.8 Å². The molecule has 1 aromatic carbocycles. The second-order valence-corrected chi connectivity index (χ2v) is 9.97. The lowest BCUT2D eigenvalue weighted by atomic mass is 10.1. The molecule has 1 atom stereocenters. The SMILES string of the molecule is Cc1cc(C)c(S(=O)(=O)N2CCCC2C(=O)NCc2ccc(N(C)C)nc2)c(C)c1. The molecule has 7 nitrogen and oxygen atoms in total. The predicted molar refractivity (Wildman–Crippen MR) is 118 cm³/mol. The quantitative estimate of drug-likeness (QED) is 0.762. The second kappa shape index (κ2) is 8.73. The minimum Gasteiger partial charge on any atom is -0.363 e. The Morgan fingerprint density at radius 3 is 2.43 bits per heavy atom. The highest BCUT2D eigenvalue weighted by atomic mass is 32.2. The number of sulfonamides is 1.